The molecule has 1 atom stereocenters. The van der Waals surface area contributed by atoms with Gasteiger partial charge in [-0.05, 0) is 44.4 Å². The van der Waals surface area contributed by atoms with Gasteiger partial charge < -0.3 is 4.57 Å². The lowest BCUT2D eigenvalue weighted by molar-refractivity contribution is 0.440. The molecule has 0 bridgehead atoms. The second-order valence-corrected chi connectivity index (χ2v) is 11.2. The van der Waals surface area contributed by atoms with E-state index >= 15 is 0 Å². The molecule has 0 amide bonds. The number of halogens is 3. The van der Waals surface area contributed by atoms with Crippen LogP contribution in [0.2, 0.25) is 10.0 Å². The monoisotopic (exact) mass is 548 g/mol. The Labute approximate surface area is 210 Å². The molecule has 32 heavy (non-hydrogen) atoms. The Morgan fingerprint density at radius 3 is 2.66 bits per heavy atom. The van der Waals surface area contributed by atoms with E-state index in [9.17, 15) is 0 Å². The maximum atomic E-state index is 6.61. The van der Waals surface area contributed by atoms with Gasteiger partial charge in [-0.2, -0.15) is 0 Å². The zero-order valence-corrected chi connectivity index (χ0v) is 21.6. The lowest BCUT2D eigenvalue weighted by atomic mass is 9.90. The summed E-state index contributed by atoms with van der Waals surface area (Å²) in [5.41, 5.74) is 2.82. The molecule has 2 aliphatic rings. The lowest BCUT2D eigenvalue weighted by Crippen LogP contribution is -2.11. The summed E-state index contributed by atoms with van der Waals surface area (Å²) < 4.78 is 3.36. The molecule has 1 saturated carbocycles. The first-order chi connectivity index (χ1) is 15.5. The Kier molecular flexibility index (Phi) is 6.57. The minimum Gasteiger partial charge on any atom is -0.320 e. The number of hydrogen-bond acceptors (Lipinski definition) is 4. The molecule has 1 fully saturated rings. The van der Waals surface area contributed by atoms with Gasteiger partial charge >= 0.3 is 0 Å². The second kappa shape index (κ2) is 9.41. The van der Waals surface area contributed by atoms with Gasteiger partial charge in [0, 0.05) is 26.7 Å². The van der Waals surface area contributed by atoms with Gasteiger partial charge in [-0.15, -0.1) is 10.2 Å². The first-order valence-electron chi connectivity index (χ1n) is 10.9. The summed E-state index contributed by atoms with van der Waals surface area (Å²) >= 11 is 18.0. The van der Waals surface area contributed by atoms with Crippen LogP contribution in [-0.2, 0) is 0 Å². The molecule has 8 heteroatoms. The van der Waals surface area contributed by atoms with E-state index in [1.165, 1.54) is 32.1 Å². The molecule has 0 radical (unpaired) electrons. The molecule has 166 valence electrons. The normalized spacial score (nSPS) is 19.4. The van der Waals surface area contributed by atoms with Crippen LogP contribution in [0.4, 0.5) is 0 Å². The van der Waals surface area contributed by atoms with Crippen molar-refractivity contribution in [2.45, 2.75) is 57.4 Å². The van der Waals surface area contributed by atoms with Crippen LogP contribution in [0.25, 0.3) is 22.1 Å². The van der Waals surface area contributed by atoms with Gasteiger partial charge in [-0.3, -0.25) is 0 Å². The molecule has 2 aliphatic carbocycles. The van der Waals surface area contributed by atoms with Crippen LogP contribution < -0.4 is 0 Å². The smallest absolute Gasteiger partial charge is 0.168 e. The van der Waals surface area contributed by atoms with Gasteiger partial charge in [0.15, 0.2) is 5.01 Å². The van der Waals surface area contributed by atoms with Crippen molar-refractivity contribution < 1.29 is 0 Å². The fraction of sp³-hybridized carbons (Fsp3) is 0.375. The van der Waals surface area contributed by atoms with Gasteiger partial charge in [0.05, 0.1) is 11.1 Å². The van der Waals surface area contributed by atoms with Crippen LogP contribution in [-0.4, -0.2) is 19.7 Å². The Bertz CT molecular complexity index is 1210. The molecular weight excluding hydrogens is 527 g/mol. The van der Waals surface area contributed by atoms with E-state index in [0.29, 0.717) is 16.0 Å². The summed E-state index contributed by atoms with van der Waals surface area (Å²) in [6.45, 7) is 2.11. The van der Waals surface area contributed by atoms with Crippen molar-refractivity contribution in [3.05, 3.63) is 61.7 Å². The van der Waals surface area contributed by atoms with Crippen LogP contribution in [0.15, 0.2) is 40.9 Å². The van der Waals surface area contributed by atoms with Crippen LogP contribution >= 0.6 is 50.5 Å². The van der Waals surface area contributed by atoms with Gasteiger partial charge in [-0.25, -0.2) is 4.98 Å². The minimum absolute atomic E-state index is 0.144. The van der Waals surface area contributed by atoms with Crippen LogP contribution in [0, 0.1) is 6.92 Å². The fourth-order valence-corrected chi connectivity index (χ4v) is 6.49. The first-order valence-corrected chi connectivity index (χ1v) is 13.3. The number of benzene rings is 1. The predicted molar refractivity (Wildman–Crippen MR) is 137 cm³/mol. The Balaban J connectivity index is 1.60. The zero-order valence-electron chi connectivity index (χ0n) is 17.7. The predicted octanol–water partition coefficient (Wildman–Crippen LogP) is 8.51. The molecule has 3 aromatic rings. The summed E-state index contributed by atoms with van der Waals surface area (Å²) in [7, 11) is 0. The molecule has 1 aromatic carbocycles. The van der Waals surface area contributed by atoms with E-state index in [1.807, 2.05) is 12.1 Å². The summed E-state index contributed by atoms with van der Waals surface area (Å²) in [6, 6.07) is 5.71. The van der Waals surface area contributed by atoms with E-state index in [-0.39, 0.29) is 6.04 Å². The van der Waals surface area contributed by atoms with Crippen molar-refractivity contribution in [3.8, 4) is 22.1 Å². The highest BCUT2D eigenvalue weighted by Crippen LogP contribution is 2.41. The molecule has 0 N–H and O–H groups in total. The number of rotatable bonds is 4. The van der Waals surface area contributed by atoms with Crippen LogP contribution in [0.3, 0.4) is 0 Å². The van der Waals surface area contributed by atoms with Crippen molar-refractivity contribution in [1.29, 1.82) is 0 Å². The summed E-state index contributed by atoms with van der Waals surface area (Å²) in [5.74, 6) is 1.36. The number of imidazole rings is 1. The molecule has 4 nitrogen and oxygen atoms in total. The molecular formula is C24H23BrCl2N4S. The Morgan fingerprint density at radius 2 is 1.94 bits per heavy atom. The van der Waals surface area contributed by atoms with Crippen LogP contribution in [0.1, 0.15) is 61.2 Å². The van der Waals surface area contributed by atoms with Crippen molar-refractivity contribution in [2.24, 2.45) is 0 Å². The summed E-state index contributed by atoms with van der Waals surface area (Å²) in [6.07, 6.45) is 13.7. The quantitative estimate of drug-likeness (QED) is 0.327. The molecule has 0 aliphatic heterocycles. The van der Waals surface area contributed by atoms with Gasteiger partial charge in [-0.1, -0.05) is 88.0 Å². The fourth-order valence-electron chi connectivity index (χ4n) is 4.60. The summed E-state index contributed by atoms with van der Waals surface area (Å²) in [5, 5.41) is 12.4. The maximum Gasteiger partial charge on any atom is 0.168 e. The molecule has 2 aromatic heterocycles. The standard InChI is InChI=1S/C24H23BrCl2N4S/c1-14-21(24-30-29-23(32-24)15-5-3-2-4-6-15)28-22(19-12-9-17(26)13-20(19)27)31(14)18-10-7-16(25)8-11-18/h7-10,12-13,15,18H,2-6,11H2,1H3. The number of hydrogen-bond donors (Lipinski definition) is 0. The molecule has 0 spiro atoms. The highest BCUT2D eigenvalue weighted by atomic mass is 79.9. The van der Waals surface area contributed by atoms with E-state index < -0.39 is 0 Å². The number of aromatic nitrogens is 4. The van der Waals surface area contributed by atoms with Gasteiger partial charge in [0.2, 0.25) is 0 Å². The molecule has 0 saturated heterocycles. The number of nitrogens with zero attached hydrogens (tertiary/aromatic N) is 4. The van der Waals surface area contributed by atoms with E-state index in [0.717, 1.165) is 43.7 Å². The third kappa shape index (κ3) is 4.35. The maximum absolute atomic E-state index is 6.61. The van der Waals surface area contributed by atoms with Crippen LogP contribution in [0.5, 0.6) is 0 Å². The molecule has 5 rings (SSSR count). The van der Waals surface area contributed by atoms with Gasteiger partial charge in [0.1, 0.15) is 16.5 Å². The van der Waals surface area contributed by atoms with Crippen molar-refractivity contribution >= 4 is 50.5 Å². The van der Waals surface area contributed by atoms with E-state index in [2.05, 4.69) is 55.8 Å². The first kappa shape index (κ1) is 22.3. The van der Waals surface area contributed by atoms with Crippen molar-refractivity contribution in [3.63, 3.8) is 0 Å². The second-order valence-electron chi connectivity index (χ2n) is 8.40. The average Bonchev–Trinajstić information content (AvgIpc) is 3.40. The SMILES string of the molecule is Cc1c(-c2nnc(C3CCCCC3)s2)nc(-c2ccc(Cl)cc2Cl)n1C1C=CC(Br)=CC1. The molecule has 1 unspecified atom stereocenters. The highest BCUT2D eigenvalue weighted by molar-refractivity contribution is 9.11. The van der Waals surface area contributed by atoms with E-state index in [4.69, 9.17) is 28.2 Å². The largest absolute Gasteiger partial charge is 0.320 e. The molecule has 2 heterocycles. The number of allylic oxidation sites excluding steroid dienone is 4. The Hall–Kier alpha value is -1.47. The van der Waals surface area contributed by atoms with Crippen molar-refractivity contribution in [1.82, 2.24) is 19.7 Å². The topological polar surface area (TPSA) is 43.6 Å². The third-order valence-electron chi connectivity index (χ3n) is 6.28. The average molecular weight is 550 g/mol. The summed E-state index contributed by atoms with van der Waals surface area (Å²) in [4.78, 5) is 5.07. The third-order valence-corrected chi connectivity index (χ3v) is 8.51. The van der Waals surface area contributed by atoms with Crippen molar-refractivity contribution in [2.75, 3.05) is 0 Å². The Morgan fingerprint density at radius 1 is 1.12 bits per heavy atom. The van der Waals surface area contributed by atoms with E-state index in [1.54, 1.807) is 17.4 Å². The lowest BCUT2D eigenvalue weighted by Gasteiger charge is -2.21. The highest BCUT2D eigenvalue weighted by Gasteiger charge is 2.26. The zero-order chi connectivity index (χ0) is 22.2. The minimum atomic E-state index is 0.144. The van der Waals surface area contributed by atoms with Gasteiger partial charge in [0.25, 0.3) is 0 Å².